The molecule has 21 heavy (non-hydrogen) atoms. The lowest BCUT2D eigenvalue weighted by Gasteiger charge is -2.42. The van der Waals surface area contributed by atoms with Crippen LogP contribution in [0, 0.1) is 0 Å². The van der Waals surface area contributed by atoms with E-state index in [1.165, 1.54) is 64.2 Å². The van der Waals surface area contributed by atoms with Crippen LogP contribution >= 0.6 is 0 Å². The first-order valence-corrected chi connectivity index (χ1v) is 8.61. The summed E-state index contributed by atoms with van der Waals surface area (Å²) in [7, 11) is 0. The van der Waals surface area contributed by atoms with Crippen molar-refractivity contribution in [3.05, 3.63) is 18.7 Å². The second-order valence-electron chi connectivity index (χ2n) is 6.62. The average Bonchev–Trinajstić information content (AvgIpc) is 3.02. The number of hydrogen-bond acceptors (Lipinski definition) is 2. The molecule has 0 atom stereocenters. The van der Waals surface area contributed by atoms with E-state index in [4.69, 9.17) is 0 Å². The van der Waals surface area contributed by atoms with Gasteiger partial charge in [-0.1, -0.05) is 38.5 Å². The fourth-order valence-corrected chi connectivity index (χ4v) is 4.04. The van der Waals surface area contributed by atoms with E-state index >= 15 is 0 Å². The van der Waals surface area contributed by atoms with E-state index in [1.807, 2.05) is 10.8 Å². The molecular formula is C17H27N3O. The second kappa shape index (κ2) is 7.10. The highest BCUT2D eigenvalue weighted by Gasteiger charge is 2.32. The van der Waals surface area contributed by atoms with Crippen molar-refractivity contribution in [3.8, 4) is 0 Å². The van der Waals surface area contributed by atoms with Gasteiger partial charge in [0.1, 0.15) is 6.54 Å². The molecule has 1 heterocycles. The predicted octanol–water partition coefficient (Wildman–Crippen LogP) is 3.38. The van der Waals surface area contributed by atoms with Gasteiger partial charge in [0, 0.05) is 24.5 Å². The predicted molar refractivity (Wildman–Crippen MR) is 82.8 cm³/mol. The molecule has 0 aliphatic heterocycles. The molecule has 0 spiro atoms. The third-order valence-corrected chi connectivity index (χ3v) is 5.10. The van der Waals surface area contributed by atoms with Gasteiger partial charge in [0.25, 0.3) is 0 Å². The summed E-state index contributed by atoms with van der Waals surface area (Å²) in [4.78, 5) is 19.2. The molecule has 0 N–H and O–H groups in total. The molecule has 0 bridgehead atoms. The third kappa shape index (κ3) is 3.66. The standard InChI is InChI=1S/C17H27N3O/c21-17(13-19-12-11-18-14-19)20(15-7-3-1-4-8-15)16-9-5-2-6-10-16/h11-12,14-16H,1-10,13H2. The number of imidazole rings is 1. The van der Waals surface area contributed by atoms with Gasteiger partial charge in [-0.15, -0.1) is 0 Å². The van der Waals surface area contributed by atoms with Crippen LogP contribution in [-0.2, 0) is 11.3 Å². The summed E-state index contributed by atoms with van der Waals surface area (Å²) in [6, 6.07) is 0.968. The minimum absolute atomic E-state index is 0.298. The molecular weight excluding hydrogens is 262 g/mol. The molecule has 0 aromatic carbocycles. The second-order valence-corrected chi connectivity index (χ2v) is 6.62. The van der Waals surface area contributed by atoms with Crippen molar-refractivity contribution in [1.29, 1.82) is 0 Å². The van der Waals surface area contributed by atoms with Gasteiger partial charge in [0.05, 0.1) is 6.33 Å². The van der Waals surface area contributed by atoms with Gasteiger partial charge in [-0.25, -0.2) is 4.98 Å². The first-order chi connectivity index (χ1) is 10.3. The zero-order valence-corrected chi connectivity index (χ0v) is 12.9. The van der Waals surface area contributed by atoms with Gasteiger partial charge in [0.15, 0.2) is 0 Å². The van der Waals surface area contributed by atoms with Crippen LogP contribution in [0.4, 0.5) is 0 Å². The van der Waals surface area contributed by atoms with Crippen LogP contribution < -0.4 is 0 Å². The van der Waals surface area contributed by atoms with E-state index in [2.05, 4.69) is 9.88 Å². The number of hydrogen-bond donors (Lipinski definition) is 0. The fourth-order valence-electron chi connectivity index (χ4n) is 4.04. The monoisotopic (exact) mass is 289 g/mol. The summed E-state index contributed by atoms with van der Waals surface area (Å²) in [6.07, 6.45) is 18.0. The minimum Gasteiger partial charge on any atom is -0.335 e. The van der Waals surface area contributed by atoms with Crippen molar-refractivity contribution in [3.63, 3.8) is 0 Å². The van der Waals surface area contributed by atoms with Crippen molar-refractivity contribution in [2.24, 2.45) is 0 Å². The molecule has 1 amide bonds. The lowest BCUT2D eigenvalue weighted by molar-refractivity contribution is -0.138. The van der Waals surface area contributed by atoms with Crippen molar-refractivity contribution < 1.29 is 4.79 Å². The number of nitrogens with zero attached hydrogens (tertiary/aromatic N) is 3. The van der Waals surface area contributed by atoms with Gasteiger partial charge < -0.3 is 9.47 Å². The molecule has 3 rings (SSSR count). The van der Waals surface area contributed by atoms with Crippen LogP contribution in [0.1, 0.15) is 64.2 Å². The summed E-state index contributed by atoms with van der Waals surface area (Å²) in [5, 5.41) is 0. The molecule has 0 radical (unpaired) electrons. The molecule has 0 unspecified atom stereocenters. The molecule has 116 valence electrons. The number of amides is 1. The highest BCUT2D eigenvalue weighted by molar-refractivity contribution is 5.76. The van der Waals surface area contributed by atoms with Gasteiger partial charge in [-0.05, 0) is 25.7 Å². The first-order valence-electron chi connectivity index (χ1n) is 8.61. The van der Waals surface area contributed by atoms with Gasteiger partial charge >= 0.3 is 0 Å². The summed E-state index contributed by atoms with van der Waals surface area (Å²) in [6.45, 7) is 0.451. The zero-order valence-electron chi connectivity index (χ0n) is 12.9. The smallest absolute Gasteiger partial charge is 0.243 e. The van der Waals surface area contributed by atoms with Crippen LogP contribution in [0.3, 0.4) is 0 Å². The Bertz CT molecular complexity index is 413. The Morgan fingerprint density at radius 1 is 1.00 bits per heavy atom. The maximum Gasteiger partial charge on any atom is 0.243 e. The molecule has 4 heteroatoms. The topological polar surface area (TPSA) is 38.1 Å². The van der Waals surface area contributed by atoms with Crippen LogP contribution in [0.15, 0.2) is 18.7 Å². The normalized spacial score (nSPS) is 21.3. The molecule has 0 saturated heterocycles. The number of aromatic nitrogens is 2. The third-order valence-electron chi connectivity index (χ3n) is 5.10. The maximum atomic E-state index is 12.9. The van der Waals surface area contributed by atoms with Crippen molar-refractivity contribution in [1.82, 2.24) is 14.5 Å². The summed E-state index contributed by atoms with van der Waals surface area (Å²) >= 11 is 0. The van der Waals surface area contributed by atoms with E-state index in [0.29, 0.717) is 24.5 Å². The lowest BCUT2D eigenvalue weighted by Crippen LogP contribution is -2.49. The molecule has 2 saturated carbocycles. The molecule has 4 nitrogen and oxygen atoms in total. The summed E-state index contributed by atoms with van der Waals surface area (Å²) < 4.78 is 1.90. The van der Waals surface area contributed by atoms with E-state index in [9.17, 15) is 4.79 Å². The highest BCUT2D eigenvalue weighted by atomic mass is 16.2. The number of carbonyl (C=O) groups excluding carboxylic acids is 1. The fraction of sp³-hybridized carbons (Fsp3) is 0.765. The molecule has 1 aromatic rings. The number of rotatable bonds is 4. The Balaban J connectivity index is 1.71. The van der Waals surface area contributed by atoms with Crippen molar-refractivity contribution >= 4 is 5.91 Å². The van der Waals surface area contributed by atoms with E-state index in [-0.39, 0.29) is 0 Å². The molecule has 2 fully saturated rings. The van der Waals surface area contributed by atoms with Crippen molar-refractivity contribution in [2.75, 3.05) is 0 Å². The highest BCUT2D eigenvalue weighted by Crippen LogP contribution is 2.30. The van der Waals surface area contributed by atoms with Crippen molar-refractivity contribution in [2.45, 2.75) is 82.8 Å². The minimum atomic E-state index is 0.298. The molecule has 2 aliphatic rings. The quantitative estimate of drug-likeness (QED) is 0.852. The Labute approximate surface area is 127 Å². The van der Waals surface area contributed by atoms with E-state index in [1.54, 1.807) is 12.5 Å². The number of carbonyl (C=O) groups is 1. The van der Waals surface area contributed by atoms with Gasteiger partial charge in [-0.2, -0.15) is 0 Å². The Hall–Kier alpha value is -1.32. The summed E-state index contributed by atoms with van der Waals surface area (Å²) in [5.74, 6) is 0.298. The SMILES string of the molecule is O=C(Cn1ccnc1)N(C1CCCCC1)C1CCCCC1. The molecule has 1 aromatic heterocycles. The Morgan fingerprint density at radius 2 is 1.57 bits per heavy atom. The Kier molecular flexibility index (Phi) is 4.94. The Morgan fingerprint density at radius 3 is 2.05 bits per heavy atom. The maximum absolute atomic E-state index is 12.9. The van der Waals surface area contributed by atoms with E-state index in [0.717, 1.165) is 0 Å². The molecule has 2 aliphatic carbocycles. The van der Waals surface area contributed by atoms with Crippen LogP contribution in [0.2, 0.25) is 0 Å². The van der Waals surface area contributed by atoms with Crippen LogP contribution in [0.25, 0.3) is 0 Å². The first kappa shape index (κ1) is 14.6. The van der Waals surface area contributed by atoms with Gasteiger partial charge in [-0.3, -0.25) is 4.79 Å². The van der Waals surface area contributed by atoms with Gasteiger partial charge in [0.2, 0.25) is 5.91 Å². The van der Waals surface area contributed by atoms with Crippen LogP contribution in [-0.4, -0.2) is 32.4 Å². The van der Waals surface area contributed by atoms with E-state index < -0.39 is 0 Å². The average molecular weight is 289 g/mol. The summed E-state index contributed by atoms with van der Waals surface area (Å²) in [5.41, 5.74) is 0. The zero-order chi connectivity index (χ0) is 14.5. The lowest BCUT2D eigenvalue weighted by atomic mass is 9.88. The van der Waals surface area contributed by atoms with Crippen LogP contribution in [0.5, 0.6) is 0 Å². The largest absolute Gasteiger partial charge is 0.335 e.